The number of amides is 3. The molecule has 1 aromatic heterocycles. The third-order valence-corrected chi connectivity index (χ3v) is 7.86. The lowest BCUT2D eigenvalue weighted by Gasteiger charge is -2.41. The summed E-state index contributed by atoms with van der Waals surface area (Å²) in [5.74, 6) is -1.36. The summed E-state index contributed by atoms with van der Waals surface area (Å²) in [5, 5.41) is 0. The first kappa shape index (κ1) is 31.0. The number of fused-ring (bicyclic) bond motifs is 2. The van der Waals surface area contributed by atoms with E-state index in [-0.39, 0.29) is 38.0 Å². The van der Waals surface area contributed by atoms with Gasteiger partial charge in [-0.15, -0.1) is 0 Å². The number of imidazole rings is 1. The van der Waals surface area contributed by atoms with Crippen molar-refractivity contribution >= 4 is 28.5 Å². The average Bonchev–Trinajstić information content (AvgIpc) is 3.39. The number of primary amides is 1. The number of H-pyrrole nitrogens is 1. The summed E-state index contributed by atoms with van der Waals surface area (Å²) < 4.78 is 86.1. The minimum Gasteiger partial charge on any atom is -0.497 e. The van der Waals surface area contributed by atoms with Crippen LogP contribution in [0, 0.1) is 11.8 Å². The minimum absolute atomic E-state index is 0.00520. The summed E-state index contributed by atoms with van der Waals surface area (Å²) in [6.45, 7) is -1.93. The number of ether oxygens (including phenoxy) is 1. The normalized spacial score (nSPS) is 18.8. The van der Waals surface area contributed by atoms with Gasteiger partial charge in [0.05, 0.1) is 29.6 Å². The van der Waals surface area contributed by atoms with Crippen molar-refractivity contribution < 1.29 is 40.7 Å². The van der Waals surface area contributed by atoms with Crippen LogP contribution < -0.4 is 10.5 Å². The van der Waals surface area contributed by atoms with Crippen molar-refractivity contribution in [1.82, 2.24) is 19.8 Å². The smallest absolute Gasteiger partial charge is 0.416 e. The molecule has 44 heavy (non-hydrogen) atoms. The van der Waals surface area contributed by atoms with Crippen molar-refractivity contribution in [2.24, 2.45) is 17.6 Å². The molecule has 2 aromatic carbocycles. The number of nitrogens with one attached hydrogen (secondary N) is 1. The van der Waals surface area contributed by atoms with E-state index in [9.17, 15) is 35.9 Å². The van der Waals surface area contributed by atoms with E-state index >= 15 is 0 Å². The van der Waals surface area contributed by atoms with Gasteiger partial charge in [-0.3, -0.25) is 4.79 Å². The fourth-order valence-corrected chi connectivity index (χ4v) is 5.78. The zero-order chi connectivity index (χ0) is 31.8. The van der Waals surface area contributed by atoms with Gasteiger partial charge in [0.2, 0.25) is 5.91 Å². The molecule has 14 heteroatoms. The van der Waals surface area contributed by atoms with Crippen molar-refractivity contribution in [3.8, 4) is 5.75 Å². The van der Waals surface area contributed by atoms with E-state index in [1.165, 1.54) is 30.2 Å². The Labute approximate surface area is 248 Å². The molecule has 0 saturated carbocycles. The number of methoxy groups -OCH3 is 1. The maximum absolute atomic E-state index is 13.6. The molecule has 2 unspecified atom stereocenters. The van der Waals surface area contributed by atoms with Crippen LogP contribution in [0.15, 0.2) is 60.2 Å². The fourth-order valence-electron chi connectivity index (χ4n) is 5.78. The van der Waals surface area contributed by atoms with Gasteiger partial charge < -0.3 is 25.3 Å². The number of aromatic amines is 1. The fraction of sp³-hybridized carbons (Fsp3) is 0.367. The van der Waals surface area contributed by atoms with Gasteiger partial charge in [0.15, 0.2) is 0 Å². The van der Waals surface area contributed by atoms with Crippen molar-refractivity contribution in [2.45, 2.75) is 25.2 Å². The van der Waals surface area contributed by atoms with Crippen LogP contribution in [-0.2, 0) is 17.4 Å². The molecule has 3 aromatic rings. The molecule has 2 heterocycles. The highest BCUT2D eigenvalue weighted by molar-refractivity contribution is 5.86. The second-order valence-electron chi connectivity index (χ2n) is 10.7. The van der Waals surface area contributed by atoms with Crippen LogP contribution >= 0.6 is 0 Å². The van der Waals surface area contributed by atoms with Crippen molar-refractivity contribution in [2.75, 3.05) is 33.3 Å². The molecule has 2 aliphatic rings. The number of carbonyl (C=O) groups is 2. The van der Waals surface area contributed by atoms with Crippen molar-refractivity contribution in [3.05, 3.63) is 77.1 Å². The summed E-state index contributed by atoms with van der Waals surface area (Å²) in [5.41, 5.74) is 7.37. The molecule has 3 N–H and O–H groups in total. The summed E-state index contributed by atoms with van der Waals surface area (Å²) in [4.78, 5) is 35.2. The number of hydrogen-bond donors (Lipinski definition) is 2. The average molecular weight is 622 g/mol. The van der Waals surface area contributed by atoms with Gasteiger partial charge in [-0.25, -0.2) is 9.78 Å². The van der Waals surface area contributed by atoms with Crippen molar-refractivity contribution in [3.63, 3.8) is 0 Å². The Balaban J connectivity index is 1.38. The predicted octanol–water partition coefficient (Wildman–Crippen LogP) is 5.56. The number of halogens is 6. The number of rotatable bonds is 7. The largest absolute Gasteiger partial charge is 0.497 e. The van der Waals surface area contributed by atoms with E-state index in [1.807, 2.05) is 0 Å². The van der Waals surface area contributed by atoms with Crippen LogP contribution in [0.2, 0.25) is 0 Å². The zero-order valence-electron chi connectivity index (χ0n) is 23.5. The van der Waals surface area contributed by atoms with Gasteiger partial charge in [-0.1, -0.05) is 29.9 Å². The molecule has 1 aliphatic carbocycles. The lowest BCUT2D eigenvalue weighted by atomic mass is 9.74. The van der Waals surface area contributed by atoms with E-state index in [0.717, 1.165) is 12.1 Å². The Kier molecular flexibility index (Phi) is 8.36. The Morgan fingerprint density at radius 1 is 1.14 bits per heavy atom. The highest BCUT2D eigenvalue weighted by Crippen LogP contribution is 2.41. The molecule has 0 bridgehead atoms. The molecule has 5 rings (SSSR count). The first-order chi connectivity index (χ1) is 20.7. The second-order valence-corrected chi connectivity index (χ2v) is 10.7. The molecular formula is C30H29F6N5O3. The van der Waals surface area contributed by atoms with Crippen LogP contribution in [0.25, 0.3) is 16.6 Å². The van der Waals surface area contributed by atoms with Crippen LogP contribution in [0.1, 0.15) is 23.4 Å². The molecule has 0 spiro atoms. The summed E-state index contributed by atoms with van der Waals surface area (Å²) >= 11 is 0. The number of urea groups is 1. The molecule has 0 radical (unpaired) electrons. The molecule has 234 valence electrons. The van der Waals surface area contributed by atoms with E-state index in [0.29, 0.717) is 38.7 Å². The number of carbonyl (C=O) groups excluding carboxylic acids is 2. The van der Waals surface area contributed by atoms with Gasteiger partial charge >= 0.3 is 18.4 Å². The summed E-state index contributed by atoms with van der Waals surface area (Å²) in [6, 6.07) is 8.97. The number of aromatic nitrogens is 2. The maximum Gasteiger partial charge on any atom is 0.416 e. The van der Waals surface area contributed by atoms with Crippen LogP contribution in [0.3, 0.4) is 0 Å². The van der Waals surface area contributed by atoms with E-state index in [1.54, 1.807) is 24.3 Å². The Morgan fingerprint density at radius 3 is 2.59 bits per heavy atom. The van der Waals surface area contributed by atoms with E-state index in [4.69, 9.17) is 10.5 Å². The molecule has 1 saturated heterocycles. The number of piperidine rings is 1. The number of benzene rings is 2. The molecule has 8 nitrogen and oxygen atoms in total. The third kappa shape index (κ3) is 6.68. The van der Waals surface area contributed by atoms with Gasteiger partial charge in [0, 0.05) is 38.0 Å². The number of hydrogen-bond acceptors (Lipinski definition) is 4. The number of alkyl halides is 6. The SMILES string of the molecule is COc1ccc2nc(CCN(CC(F)(F)F)C(=O)N3CCC4=C(c5cccc(C(F)(F)F)c5)C=CC(C(N)=O)C4C3)[nH]c2c1. The highest BCUT2D eigenvalue weighted by atomic mass is 19.4. The third-order valence-electron chi connectivity index (χ3n) is 7.86. The molecule has 1 fully saturated rings. The summed E-state index contributed by atoms with van der Waals surface area (Å²) in [7, 11) is 1.50. The van der Waals surface area contributed by atoms with Crippen molar-refractivity contribution in [1.29, 1.82) is 0 Å². The van der Waals surface area contributed by atoms with E-state index in [2.05, 4.69) is 9.97 Å². The lowest BCUT2D eigenvalue weighted by Crippen LogP contribution is -2.53. The van der Waals surface area contributed by atoms with E-state index < -0.39 is 48.2 Å². The Morgan fingerprint density at radius 2 is 1.91 bits per heavy atom. The number of nitrogens with two attached hydrogens (primary N) is 1. The molecular weight excluding hydrogens is 592 g/mol. The predicted molar refractivity (Wildman–Crippen MR) is 149 cm³/mol. The minimum atomic E-state index is -4.68. The Hall–Kier alpha value is -4.49. The highest BCUT2D eigenvalue weighted by Gasteiger charge is 2.41. The molecule has 2 atom stereocenters. The van der Waals surface area contributed by atoms with Gasteiger partial charge in [0.25, 0.3) is 0 Å². The number of likely N-dealkylation sites (tertiary alicyclic amines) is 1. The lowest BCUT2D eigenvalue weighted by molar-refractivity contribution is -0.141. The number of nitrogens with zero attached hydrogens (tertiary/aromatic N) is 3. The van der Waals surface area contributed by atoms with Crippen LogP contribution in [0.4, 0.5) is 31.1 Å². The van der Waals surface area contributed by atoms with Gasteiger partial charge in [-0.05, 0) is 41.8 Å². The maximum atomic E-state index is 13.6. The quantitative estimate of drug-likeness (QED) is 0.337. The summed E-state index contributed by atoms with van der Waals surface area (Å²) in [6.07, 6.45) is -6.08. The molecule has 1 aliphatic heterocycles. The monoisotopic (exact) mass is 621 g/mol. The topological polar surface area (TPSA) is 105 Å². The van der Waals surface area contributed by atoms with Gasteiger partial charge in [-0.2, -0.15) is 26.3 Å². The van der Waals surface area contributed by atoms with Gasteiger partial charge in [0.1, 0.15) is 18.1 Å². The zero-order valence-corrected chi connectivity index (χ0v) is 23.5. The van der Waals surface area contributed by atoms with Crippen LogP contribution in [-0.4, -0.2) is 71.2 Å². The molecule has 3 amide bonds. The second kappa shape index (κ2) is 11.9. The number of allylic oxidation sites excluding steroid dienone is 2. The standard InChI is InChI=1S/C30H29F6N5O3/c1-44-19-5-8-24-25(14-19)39-26(38-24)10-12-41(16-29(31,32)33)28(43)40-11-9-21-20(6-7-22(27(37)42)23(21)15-40)17-3-2-4-18(13-17)30(34,35)36/h2-8,13-14,22-23H,9-12,15-16H2,1H3,(H2,37,42)(H,38,39). The first-order valence-corrected chi connectivity index (χ1v) is 13.7. The first-order valence-electron chi connectivity index (χ1n) is 13.7. The Bertz CT molecular complexity index is 1630. The van der Waals surface area contributed by atoms with Crippen LogP contribution in [0.5, 0.6) is 5.75 Å².